The van der Waals surface area contributed by atoms with E-state index in [4.69, 9.17) is 4.74 Å². The van der Waals surface area contributed by atoms with Crippen molar-refractivity contribution in [3.63, 3.8) is 0 Å². The van der Waals surface area contributed by atoms with Crippen molar-refractivity contribution in [3.05, 3.63) is 54.1 Å². The van der Waals surface area contributed by atoms with Gasteiger partial charge in [-0.25, -0.2) is 8.42 Å². The molecule has 1 aliphatic carbocycles. The Morgan fingerprint density at radius 3 is 2.57 bits per heavy atom. The van der Waals surface area contributed by atoms with E-state index in [0.29, 0.717) is 16.3 Å². The monoisotopic (exact) mass is 329 g/mol. The predicted octanol–water partition coefficient (Wildman–Crippen LogP) is 3.50. The molecule has 1 heterocycles. The summed E-state index contributed by atoms with van der Waals surface area (Å²) in [6.07, 6.45) is 2.68. The van der Waals surface area contributed by atoms with Crippen molar-refractivity contribution >= 4 is 15.7 Å². The number of anilines is 1. The van der Waals surface area contributed by atoms with Gasteiger partial charge < -0.3 is 4.74 Å². The number of hydrogen-bond donors (Lipinski definition) is 0. The third-order valence-electron chi connectivity index (χ3n) is 4.68. The van der Waals surface area contributed by atoms with Crippen LogP contribution in [0.2, 0.25) is 0 Å². The van der Waals surface area contributed by atoms with E-state index in [1.807, 2.05) is 43.3 Å². The summed E-state index contributed by atoms with van der Waals surface area (Å²) in [4.78, 5) is 0.338. The molecule has 2 aliphatic rings. The highest BCUT2D eigenvalue weighted by molar-refractivity contribution is 7.92. The average Bonchev–Trinajstić information content (AvgIpc) is 3.00. The van der Waals surface area contributed by atoms with Crippen LogP contribution in [0.1, 0.15) is 24.8 Å². The number of ether oxygens (including phenoxy) is 1. The van der Waals surface area contributed by atoms with Gasteiger partial charge in [-0.3, -0.25) is 4.31 Å². The van der Waals surface area contributed by atoms with Crippen LogP contribution in [-0.2, 0) is 10.0 Å². The molecule has 4 nitrogen and oxygen atoms in total. The Morgan fingerprint density at radius 2 is 1.78 bits per heavy atom. The van der Waals surface area contributed by atoms with Gasteiger partial charge in [-0.15, -0.1) is 0 Å². The molecule has 0 radical (unpaired) electrons. The molecule has 0 saturated heterocycles. The largest absolute Gasteiger partial charge is 0.486 e. The van der Waals surface area contributed by atoms with Crippen molar-refractivity contribution in [3.8, 4) is 5.75 Å². The van der Waals surface area contributed by atoms with Gasteiger partial charge in [0.2, 0.25) is 0 Å². The fourth-order valence-electron chi connectivity index (χ4n) is 3.52. The van der Waals surface area contributed by atoms with Gasteiger partial charge in [0.05, 0.1) is 16.6 Å². The molecule has 120 valence electrons. The summed E-state index contributed by atoms with van der Waals surface area (Å²) in [5, 5.41) is 0. The second-order valence-electron chi connectivity index (χ2n) is 6.24. The first kappa shape index (κ1) is 14.6. The molecular formula is C18H19NO3S. The zero-order valence-corrected chi connectivity index (χ0v) is 13.8. The van der Waals surface area contributed by atoms with Gasteiger partial charge in [-0.2, -0.15) is 0 Å². The first-order valence-electron chi connectivity index (χ1n) is 7.94. The maximum Gasteiger partial charge on any atom is 0.264 e. The van der Waals surface area contributed by atoms with Crippen LogP contribution in [0.3, 0.4) is 0 Å². The van der Waals surface area contributed by atoms with Crippen molar-refractivity contribution in [1.29, 1.82) is 0 Å². The lowest BCUT2D eigenvalue weighted by Crippen LogP contribution is -2.49. The summed E-state index contributed by atoms with van der Waals surface area (Å²) in [6, 6.07) is 14.4. The second kappa shape index (κ2) is 5.27. The van der Waals surface area contributed by atoms with E-state index in [1.54, 1.807) is 16.4 Å². The number of hydrogen-bond acceptors (Lipinski definition) is 3. The Hall–Kier alpha value is -2.01. The SMILES string of the molecule is Cc1ccc(S(=O)(=O)N2c3ccccc3O[C@H]3CCC[C@@H]32)cc1. The third-order valence-corrected chi connectivity index (χ3v) is 6.53. The van der Waals surface area contributed by atoms with Gasteiger partial charge in [-0.05, 0) is 50.5 Å². The van der Waals surface area contributed by atoms with E-state index in [1.165, 1.54) is 0 Å². The Kier molecular flexibility index (Phi) is 3.34. The van der Waals surface area contributed by atoms with Crippen molar-refractivity contribution in [1.82, 2.24) is 0 Å². The molecule has 0 amide bonds. The van der Waals surface area contributed by atoms with Crippen molar-refractivity contribution in [2.45, 2.75) is 43.2 Å². The number of nitrogens with zero attached hydrogens (tertiary/aromatic N) is 1. The van der Waals surface area contributed by atoms with Gasteiger partial charge >= 0.3 is 0 Å². The minimum atomic E-state index is -3.59. The Bertz CT molecular complexity index is 830. The normalized spacial score (nSPS) is 23.1. The predicted molar refractivity (Wildman–Crippen MR) is 89.3 cm³/mol. The lowest BCUT2D eigenvalue weighted by atomic mass is 10.1. The highest BCUT2D eigenvalue weighted by atomic mass is 32.2. The molecular weight excluding hydrogens is 310 g/mol. The molecule has 0 unspecified atom stereocenters. The molecule has 2 aromatic rings. The lowest BCUT2D eigenvalue weighted by Gasteiger charge is -2.39. The molecule has 2 atom stereocenters. The van der Waals surface area contributed by atoms with Crippen molar-refractivity contribution < 1.29 is 13.2 Å². The summed E-state index contributed by atoms with van der Waals surface area (Å²) in [7, 11) is -3.59. The third kappa shape index (κ3) is 2.30. The molecule has 0 aromatic heterocycles. The van der Waals surface area contributed by atoms with Crippen molar-refractivity contribution in [2.75, 3.05) is 4.31 Å². The maximum absolute atomic E-state index is 13.3. The van der Waals surface area contributed by atoms with E-state index < -0.39 is 10.0 Å². The Morgan fingerprint density at radius 1 is 1.04 bits per heavy atom. The molecule has 23 heavy (non-hydrogen) atoms. The maximum atomic E-state index is 13.3. The van der Waals surface area contributed by atoms with E-state index in [9.17, 15) is 8.42 Å². The van der Waals surface area contributed by atoms with Gasteiger partial charge in [0.15, 0.2) is 0 Å². The number of para-hydroxylation sites is 2. The van der Waals surface area contributed by atoms with Crippen LogP contribution >= 0.6 is 0 Å². The van der Waals surface area contributed by atoms with E-state index >= 15 is 0 Å². The van der Waals surface area contributed by atoms with Gasteiger partial charge in [-0.1, -0.05) is 29.8 Å². The standard InChI is InChI=1S/C18H19NO3S/c1-13-9-11-14(12-10-13)23(20,21)19-15-5-2-3-7-17(15)22-18-8-4-6-16(18)19/h2-3,5,7,9-12,16,18H,4,6,8H2,1H3/t16-,18-/m0/s1. The average molecular weight is 329 g/mol. The van der Waals surface area contributed by atoms with Gasteiger partial charge in [0.1, 0.15) is 11.9 Å². The molecule has 0 bridgehead atoms. The lowest BCUT2D eigenvalue weighted by molar-refractivity contribution is 0.180. The molecule has 4 rings (SSSR count). The highest BCUT2D eigenvalue weighted by Crippen LogP contribution is 2.44. The van der Waals surface area contributed by atoms with Crippen molar-refractivity contribution in [2.24, 2.45) is 0 Å². The molecule has 0 N–H and O–H groups in total. The first-order chi connectivity index (χ1) is 11.1. The highest BCUT2D eigenvalue weighted by Gasteiger charge is 2.44. The number of fused-ring (bicyclic) bond motifs is 2. The topological polar surface area (TPSA) is 46.6 Å². The minimum Gasteiger partial charge on any atom is -0.486 e. The number of aryl methyl sites for hydroxylation is 1. The van der Waals surface area contributed by atoms with Crippen LogP contribution in [0.4, 0.5) is 5.69 Å². The fourth-order valence-corrected chi connectivity index (χ4v) is 5.24. The molecule has 5 heteroatoms. The number of rotatable bonds is 2. The smallest absolute Gasteiger partial charge is 0.264 e. The summed E-state index contributed by atoms with van der Waals surface area (Å²) in [6.45, 7) is 1.95. The Labute approximate surface area is 136 Å². The molecule has 0 spiro atoms. The number of sulfonamides is 1. The first-order valence-corrected chi connectivity index (χ1v) is 9.38. The van der Waals surface area contributed by atoms with E-state index in [-0.39, 0.29) is 12.1 Å². The molecule has 1 aliphatic heterocycles. The van der Waals surface area contributed by atoms with Crippen LogP contribution in [-0.4, -0.2) is 20.6 Å². The van der Waals surface area contributed by atoms with E-state index in [2.05, 4.69) is 0 Å². The van der Waals surface area contributed by atoms with Gasteiger partial charge in [0.25, 0.3) is 10.0 Å². The van der Waals surface area contributed by atoms with Crippen LogP contribution < -0.4 is 9.04 Å². The zero-order chi connectivity index (χ0) is 16.0. The van der Waals surface area contributed by atoms with Crippen LogP contribution in [0, 0.1) is 6.92 Å². The molecule has 1 fully saturated rings. The van der Waals surface area contributed by atoms with Crippen LogP contribution in [0.25, 0.3) is 0 Å². The van der Waals surface area contributed by atoms with Crippen LogP contribution in [0.15, 0.2) is 53.4 Å². The Balaban J connectivity index is 1.86. The number of benzene rings is 2. The summed E-state index contributed by atoms with van der Waals surface area (Å²) < 4.78 is 34.2. The zero-order valence-electron chi connectivity index (χ0n) is 13.0. The molecule has 1 saturated carbocycles. The minimum absolute atomic E-state index is 0.0508. The second-order valence-corrected chi connectivity index (χ2v) is 8.05. The summed E-state index contributed by atoms with van der Waals surface area (Å²) >= 11 is 0. The fraction of sp³-hybridized carbons (Fsp3) is 0.333. The van der Waals surface area contributed by atoms with E-state index in [0.717, 1.165) is 24.8 Å². The summed E-state index contributed by atoms with van der Waals surface area (Å²) in [5.41, 5.74) is 1.70. The summed E-state index contributed by atoms with van der Waals surface area (Å²) in [5.74, 6) is 0.659. The quantitative estimate of drug-likeness (QED) is 0.847. The van der Waals surface area contributed by atoms with Crippen LogP contribution in [0.5, 0.6) is 5.75 Å². The van der Waals surface area contributed by atoms with Gasteiger partial charge in [0, 0.05) is 0 Å². The molecule has 2 aromatic carbocycles.